The maximum absolute atomic E-state index is 11.8. The van der Waals surface area contributed by atoms with Crippen LogP contribution in [-0.4, -0.2) is 28.5 Å². The maximum atomic E-state index is 11.8. The van der Waals surface area contributed by atoms with E-state index in [0.717, 1.165) is 18.5 Å². The predicted molar refractivity (Wildman–Crippen MR) is 40.7 cm³/mol. The Labute approximate surface area is 77.1 Å². The summed E-state index contributed by atoms with van der Waals surface area (Å²) in [6.45, 7) is 0. The highest BCUT2D eigenvalue weighted by atomic mass is 19.4. The van der Waals surface area contributed by atoms with Crippen LogP contribution in [0.1, 0.15) is 0 Å². The van der Waals surface area contributed by atoms with Crippen LogP contribution in [0.5, 0.6) is 5.75 Å². The van der Waals surface area contributed by atoms with Crippen molar-refractivity contribution in [3.05, 3.63) is 18.5 Å². The summed E-state index contributed by atoms with van der Waals surface area (Å²) in [7, 11) is -2.05. The Morgan fingerprint density at radius 1 is 1.36 bits per heavy atom. The van der Waals surface area contributed by atoms with E-state index in [-0.39, 0.29) is 0 Å². The molecule has 0 aromatic carbocycles. The fraction of sp³-hybridized carbons (Fsp3) is 0.167. The summed E-state index contributed by atoms with van der Waals surface area (Å²) >= 11 is 0. The summed E-state index contributed by atoms with van der Waals surface area (Å²) in [5, 5.41) is 17.3. The zero-order valence-electron chi connectivity index (χ0n) is 6.69. The Morgan fingerprint density at radius 3 is 2.50 bits per heavy atom. The van der Waals surface area contributed by atoms with E-state index in [1.54, 1.807) is 0 Å². The predicted octanol–water partition coefficient (Wildman–Crippen LogP) is -0.340. The summed E-state index contributed by atoms with van der Waals surface area (Å²) in [4.78, 5) is 3.43. The maximum Gasteiger partial charge on any atom is 0.573 e. The van der Waals surface area contributed by atoms with Gasteiger partial charge in [-0.1, -0.05) is 0 Å². The third-order valence-electron chi connectivity index (χ3n) is 1.31. The minimum Gasteiger partial charge on any atom is -0.423 e. The van der Waals surface area contributed by atoms with Crippen molar-refractivity contribution >= 4 is 12.6 Å². The lowest BCUT2D eigenvalue weighted by molar-refractivity contribution is -0.274. The van der Waals surface area contributed by atoms with Crippen LogP contribution in [-0.2, 0) is 0 Å². The Morgan fingerprint density at radius 2 is 2.00 bits per heavy atom. The molecular weight excluding hydrogens is 202 g/mol. The van der Waals surface area contributed by atoms with Crippen molar-refractivity contribution in [3.63, 3.8) is 0 Å². The van der Waals surface area contributed by atoms with E-state index in [1.165, 1.54) is 0 Å². The zero-order valence-corrected chi connectivity index (χ0v) is 6.69. The largest absolute Gasteiger partial charge is 0.573 e. The van der Waals surface area contributed by atoms with Crippen molar-refractivity contribution in [2.24, 2.45) is 0 Å². The van der Waals surface area contributed by atoms with Gasteiger partial charge in [-0.25, -0.2) is 0 Å². The highest BCUT2D eigenvalue weighted by Gasteiger charge is 2.33. The van der Waals surface area contributed by atoms with E-state index in [2.05, 4.69) is 9.72 Å². The van der Waals surface area contributed by atoms with Gasteiger partial charge in [-0.05, 0) is 6.07 Å². The van der Waals surface area contributed by atoms with E-state index in [0.29, 0.717) is 0 Å². The lowest BCUT2D eigenvalue weighted by atomic mass is 9.81. The Kier molecular flexibility index (Phi) is 2.97. The van der Waals surface area contributed by atoms with E-state index in [4.69, 9.17) is 10.0 Å². The lowest BCUT2D eigenvalue weighted by Gasteiger charge is -2.11. The zero-order chi connectivity index (χ0) is 10.8. The van der Waals surface area contributed by atoms with Crippen molar-refractivity contribution in [3.8, 4) is 5.75 Å². The molecule has 76 valence electrons. The van der Waals surface area contributed by atoms with Crippen LogP contribution in [0.15, 0.2) is 18.5 Å². The number of rotatable bonds is 2. The number of halogens is 3. The molecule has 1 aromatic heterocycles. The number of nitrogens with zero attached hydrogens (tertiary/aromatic N) is 1. The molecule has 0 saturated heterocycles. The van der Waals surface area contributed by atoms with Gasteiger partial charge in [-0.3, -0.25) is 4.98 Å². The van der Waals surface area contributed by atoms with Crippen LogP contribution in [0.3, 0.4) is 0 Å². The molecule has 14 heavy (non-hydrogen) atoms. The van der Waals surface area contributed by atoms with Gasteiger partial charge >= 0.3 is 13.5 Å². The normalized spacial score (nSPS) is 11.2. The fourth-order valence-corrected chi connectivity index (χ4v) is 0.805. The number of aromatic nitrogens is 1. The Hall–Kier alpha value is -1.28. The van der Waals surface area contributed by atoms with Crippen molar-refractivity contribution in [1.29, 1.82) is 0 Å². The molecule has 0 aliphatic carbocycles. The molecular formula is C6H5BF3NO3. The topological polar surface area (TPSA) is 62.6 Å². The lowest BCUT2D eigenvalue weighted by Crippen LogP contribution is -2.34. The molecule has 0 spiro atoms. The molecule has 0 saturated carbocycles. The van der Waals surface area contributed by atoms with Gasteiger partial charge < -0.3 is 14.8 Å². The summed E-state index contributed by atoms with van der Waals surface area (Å²) in [5.41, 5.74) is -0.440. The number of alkyl halides is 3. The van der Waals surface area contributed by atoms with Gasteiger partial charge in [0.2, 0.25) is 0 Å². The van der Waals surface area contributed by atoms with Crippen molar-refractivity contribution in [2.45, 2.75) is 6.36 Å². The molecule has 2 N–H and O–H groups in total. The molecule has 0 aliphatic heterocycles. The third kappa shape index (κ3) is 2.89. The van der Waals surface area contributed by atoms with Crippen molar-refractivity contribution < 1.29 is 28.0 Å². The molecule has 0 aliphatic rings. The van der Waals surface area contributed by atoms with Gasteiger partial charge in [0.15, 0.2) is 0 Å². The van der Waals surface area contributed by atoms with Gasteiger partial charge in [0.05, 0.1) is 0 Å². The smallest absolute Gasteiger partial charge is 0.423 e. The molecule has 1 aromatic rings. The number of hydrogen-bond donors (Lipinski definition) is 2. The highest BCUT2D eigenvalue weighted by Crippen LogP contribution is 2.20. The first kappa shape index (κ1) is 10.8. The summed E-state index contributed by atoms with van der Waals surface area (Å²) in [6, 6.07) is 0.891. The fourth-order valence-electron chi connectivity index (χ4n) is 0.805. The first-order valence-electron chi connectivity index (χ1n) is 3.46. The van der Waals surface area contributed by atoms with E-state index >= 15 is 0 Å². The molecule has 0 amide bonds. The average Bonchev–Trinajstić information content (AvgIpc) is 2.01. The van der Waals surface area contributed by atoms with Crippen LogP contribution in [0, 0.1) is 0 Å². The molecule has 0 radical (unpaired) electrons. The minimum absolute atomic E-state index is 0.440. The van der Waals surface area contributed by atoms with Crippen molar-refractivity contribution in [1.82, 2.24) is 4.98 Å². The number of pyridine rings is 1. The van der Waals surface area contributed by atoms with E-state index in [1.807, 2.05) is 0 Å². The van der Waals surface area contributed by atoms with E-state index < -0.39 is 24.7 Å². The van der Waals surface area contributed by atoms with Crippen LogP contribution >= 0.6 is 0 Å². The number of ether oxygens (including phenoxy) is 1. The second-order valence-corrected chi connectivity index (χ2v) is 2.33. The van der Waals surface area contributed by atoms with Crippen LogP contribution in [0.25, 0.3) is 0 Å². The summed E-state index contributed by atoms with van der Waals surface area (Å²) in [6.07, 6.45) is -2.94. The van der Waals surface area contributed by atoms with E-state index in [9.17, 15) is 13.2 Å². The second kappa shape index (κ2) is 3.85. The second-order valence-electron chi connectivity index (χ2n) is 2.33. The molecule has 8 heteroatoms. The molecule has 1 heterocycles. The molecule has 4 nitrogen and oxygen atoms in total. The SMILES string of the molecule is OB(O)c1cnccc1OC(F)(F)F. The summed E-state index contributed by atoms with van der Waals surface area (Å²) < 4.78 is 38.9. The molecule has 0 unspecified atom stereocenters. The molecule has 0 bridgehead atoms. The van der Waals surface area contributed by atoms with Gasteiger partial charge in [-0.2, -0.15) is 0 Å². The van der Waals surface area contributed by atoms with Gasteiger partial charge in [-0.15, -0.1) is 13.2 Å². The Balaban J connectivity index is 2.96. The molecule has 0 atom stereocenters. The third-order valence-corrected chi connectivity index (χ3v) is 1.31. The van der Waals surface area contributed by atoms with Gasteiger partial charge in [0.1, 0.15) is 5.75 Å². The highest BCUT2D eigenvalue weighted by molar-refractivity contribution is 6.59. The monoisotopic (exact) mass is 207 g/mol. The first-order valence-corrected chi connectivity index (χ1v) is 3.46. The minimum atomic E-state index is -4.87. The van der Waals surface area contributed by atoms with Crippen molar-refractivity contribution in [2.75, 3.05) is 0 Å². The molecule has 1 rings (SSSR count). The van der Waals surface area contributed by atoms with Gasteiger partial charge in [0.25, 0.3) is 0 Å². The average molecular weight is 207 g/mol. The standard InChI is InChI=1S/C6H5BF3NO3/c8-6(9,10)14-5-1-2-11-3-4(5)7(12)13/h1-3,12-13H. The Bertz CT molecular complexity index is 317. The first-order chi connectivity index (χ1) is 6.40. The van der Waals surface area contributed by atoms with Gasteiger partial charge in [0, 0.05) is 17.9 Å². The van der Waals surface area contributed by atoms with Crippen LogP contribution in [0.2, 0.25) is 0 Å². The molecule has 0 fully saturated rings. The van der Waals surface area contributed by atoms with Crippen LogP contribution < -0.4 is 10.2 Å². The number of hydrogen-bond acceptors (Lipinski definition) is 4. The quantitative estimate of drug-likeness (QED) is 0.651. The van der Waals surface area contributed by atoms with Crippen LogP contribution in [0.4, 0.5) is 13.2 Å². The summed E-state index contributed by atoms with van der Waals surface area (Å²) in [5.74, 6) is -0.678.